The van der Waals surface area contributed by atoms with E-state index in [2.05, 4.69) is 30.3 Å². The quantitative estimate of drug-likeness (QED) is 0.927. The minimum absolute atomic E-state index is 0.0457. The van der Waals surface area contributed by atoms with Gasteiger partial charge >= 0.3 is 6.03 Å². The zero-order chi connectivity index (χ0) is 15.5. The van der Waals surface area contributed by atoms with Crippen LogP contribution >= 0.6 is 0 Å². The number of hydrogen-bond acceptors (Lipinski definition) is 3. The summed E-state index contributed by atoms with van der Waals surface area (Å²) in [5.74, 6) is 0.888. The third-order valence-electron chi connectivity index (χ3n) is 4.38. The van der Waals surface area contributed by atoms with Gasteiger partial charge in [0.25, 0.3) is 0 Å². The maximum absolute atomic E-state index is 12.2. The van der Waals surface area contributed by atoms with Crippen molar-refractivity contribution in [2.75, 3.05) is 33.2 Å². The first kappa shape index (κ1) is 15.2. The molecule has 2 heterocycles. The molecule has 1 atom stereocenters. The molecule has 0 spiro atoms. The zero-order valence-corrected chi connectivity index (χ0v) is 13.4. The van der Waals surface area contributed by atoms with Gasteiger partial charge in [-0.25, -0.2) is 4.79 Å². The molecule has 0 aromatic heterocycles. The highest BCUT2D eigenvalue weighted by molar-refractivity contribution is 5.75. The normalized spacial score (nSPS) is 23.0. The van der Waals surface area contributed by atoms with Crippen LogP contribution < -0.4 is 10.1 Å². The van der Waals surface area contributed by atoms with E-state index in [-0.39, 0.29) is 18.2 Å². The Balaban J connectivity index is 1.42. The van der Waals surface area contributed by atoms with E-state index in [1.165, 1.54) is 5.56 Å². The molecular formula is C17H25N3O2. The van der Waals surface area contributed by atoms with Gasteiger partial charge in [0, 0.05) is 12.6 Å². The Morgan fingerprint density at radius 1 is 1.32 bits per heavy atom. The van der Waals surface area contributed by atoms with Gasteiger partial charge in [0.15, 0.2) is 0 Å². The minimum atomic E-state index is 0.0457. The van der Waals surface area contributed by atoms with Crippen molar-refractivity contribution < 1.29 is 9.53 Å². The predicted octanol–water partition coefficient (Wildman–Crippen LogP) is 1.86. The summed E-state index contributed by atoms with van der Waals surface area (Å²) in [5.41, 5.74) is 1.19. The highest BCUT2D eigenvalue weighted by Gasteiger charge is 2.33. The molecule has 0 unspecified atom stereocenters. The summed E-state index contributed by atoms with van der Waals surface area (Å²) in [4.78, 5) is 16.3. The summed E-state index contributed by atoms with van der Waals surface area (Å²) >= 11 is 0. The van der Waals surface area contributed by atoms with Gasteiger partial charge in [0.05, 0.1) is 13.1 Å². The van der Waals surface area contributed by atoms with Crippen LogP contribution in [0.4, 0.5) is 4.79 Å². The van der Waals surface area contributed by atoms with Crippen molar-refractivity contribution in [2.24, 2.45) is 0 Å². The summed E-state index contributed by atoms with van der Waals surface area (Å²) in [5, 5.41) is 3.13. The van der Waals surface area contributed by atoms with Gasteiger partial charge in [-0.1, -0.05) is 12.1 Å². The fourth-order valence-electron chi connectivity index (χ4n) is 3.11. The third-order valence-corrected chi connectivity index (χ3v) is 4.38. The highest BCUT2D eigenvalue weighted by Crippen LogP contribution is 2.19. The Bertz CT molecular complexity index is 528. The summed E-state index contributed by atoms with van der Waals surface area (Å²) in [7, 11) is 2.10. The fraction of sp³-hybridized carbons (Fsp3) is 0.588. The molecule has 2 aliphatic rings. The SMILES string of the molecule is Cc1cccc(OC2CN(C(=O)N[C@H]3CCCN(C)C3)C2)c1. The monoisotopic (exact) mass is 303 g/mol. The topological polar surface area (TPSA) is 44.8 Å². The number of benzene rings is 1. The number of nitrogens with zero attached hydrogens (tertiary/aromatic N) is 2. The zero-order valence-electron chi connectivity index (χ0n) is 13.4. The standard InChI is InChI=1S/C17H25N3O2/c1-13-5-3-7-15(9-13)22-16-11-20(12-16)17(21)18-14-6-4-8-19(2)10-14/h3,5,7,9,14,16H,4,6,8,10-12H2,1-2H3,(H,18,21)/t14-/m0/s1. The van der Waals surface area contributed by atoms with E-state index in [0.29, 0.717) is 13.1 Å². The van der Waals surface area contributed by atoms with E-state index in [4.69, 9.17) is 4.74 Å². The molecule has 2 fully saturated rings. The van der Waals surface area contributed by atoms with Crippen LogP contribution in [0.1, 0.15) is 18.4 Å². The van der Waals surface area contributed by atoms with Crippen LogP contribution in [0.15, 0.2) is 24.3 Å². The summed E-state index contributed by atoms with van der Waals surface area (Å²) in [6, 6.07) is 8.36. The van der Waals surface area contributed by atoms with Crippen LogP contribution in [0.3, 0.4) is 0 Å². The number of ether oxygens (including phenoxy) is 1. The molecule has 2 saturated heterocycles. The molecule has 0 aliphatic carbocycles. The van der Waals surface area contributed by atoms with Crippen LogP contribution in [0.5, 0.6) is 5.75 Å². The average Bonchev–Trinajstić information content (AvgIpc) is 2.42. The number of likely N-dealkylation sites (N-methyl/N-ethyl adjacent to an activating group) is 1. The van der Waals surface area contributed by atoms with Crippen molar-refractivity contribution >= 4 is 6.03 Å². The Kier molecular flexibility index (Phi) is 4.52. The van der Waals surface area contributed by atoms with Gasteiger partial charge in [-0.05, 0) is 51.1 Å². The van der Waals surface area contributed by atoms with Crippen molar-refractivity contribution in [1.29, 1.82) is 0 Å². The molecule has 0 bridgehead atoms. The van der Waals surface area contributed by atoms with Crippen molar-refractivity contribution in [3.05, 3.63) is 29.8 Å². The number of likely N-dealkylation sites (tertiary alicyclic amines) is 2. The molecule has 0 saturated carbocycles. The molecule has 1 aromatic rings. The number of carbonyl (C=O) groups excluding carboxylic acids is 1. The molecule has 22 heavy (non-hydrogen) atoms. The number of rotatable bonds is 3. The Labute approximate surface area is 132 Å². The van der Waals surface area contributed by atoms with Crippen LogP contribution in [-0.4, -0.2) is 61.2 Å². The second-order valence-electron chi connectivity index (χ2n) is 6.51. The van der Waals surface area contributed by atoms with Crippen LogP contribution in [0.2, 0.25) is 0 Å². The van der Waals surface area contributed by atoms with E-state index >= 15 is 0 Å². The number of amides is 2. The van der Waals surface area contributed by atoms with E-state index in [0.717, 1.165) is 31.7 Å². The molecule has 5 heteroatoms. The lowest BCUT2D eigenvalue weighted by atomic mass is 10.1. The van der Waals surface area contributed by atoms with Gasteiger partial charge in [-0.15, -0.1) is 0 Å². The number of carbonyl (C=O) groups is 1. The predicted molar refractivity (Wildman–Crippen MR) is 86.2 cm³/mol. The molecular weight excluding hydrogens is 278 g/mol. The van der Waals surface area contributed by atoms with Crippen molar-refractivity contribution in [3.8, 4) is 5.75 Å². The molecule has 2 aliphatic heterocycles. The van der Waals surface area contributed by atoms with Gasteiger partial charge in [-0.2, -0.15) is 0 Å². The van der Waals surface area contributed by atoms with Crippen LogP contribution in [-0.2, 0) is 0 Å². The van der Waals surface area contributed by atoms with Gasteiger partial charge in [0.1, 0.15) is 11.9 Å². The first-order chi connectivity index (χ1) is 10.6. The summed E-state index contributed by atoms with van der Waals surface area (Å²) in [6.45, 7) is 5.46. The van der Waals surface area contributed by atoms with Crippen LogP contribution in [0.25, 0.3) is 0 Å². The number of aryl methyl sites for hydroxylation is 1. The van der Waals surface area contributed by atoms with Crippen molar-refractivity contribution in [3.63, 3.8) is 0 Å². The molecule has 120 valence electrons. The third kappa shape index (κ3) is 3.71. The maximum Gasteiger partial charge on any atom is 0.317 e. The lowest BCUT2D eigenvalue weighted by molar-refractivity contribution is 0.0423. The molecule has 3 rings (SSSR count). The van der Waals surface area contributed by atoms with Gasteiger partial charge < -0.3 is 19.9 Å². The Morgan fingerprint density at radius 3 is 2.86 bits per heavy atom. The first-order valence-electron chi connectivity index (χ1n) is 8.07. The second kappa shape index (κ2) is 6.57. The number of hydrogen-bond donors (Lipinski definition) is 1. The van der Waals surface area contributed by atoms with Gasteiger partial charge in [0.2, 0.25) is 0 Å². The van der Waals surface area contributed by atoms with E-state index < -0.39 is 0 Å². The van der Waals surface area contributed by atoms with Crippen LogP contribution in [0, 0.1) is 6.92 Å². The number of piperidine rings is 1. The molecule has 2 amide bonds. The van der Waals surface area contributed by atoms with Gasteiger partial charge in [-0.3, -0.25) is 0 Å². The summed E-state index contributed by atoms with van der Waals surface area (Å²) < 4.78 is 5.89. The minimum Gasteiger partial charge on any atom is -0.487 e. The average molecular weight is 303 g/mol. The lowest BCUT2D eigenvalue weighted by Crippen LogP contribution is -2.61. The van der Waals surface area contributed by atoms with E-state index in [9.17, 15) is 4.79 Å². The second-order valence-corrected chi connectivity index (χ2v) is 6.51. The smallest absolute Gasteiger partial charge is 0.317 e. The fourth-order valence-corrected chi connectivity index (χ4v) is 3.11. The molecule has 5 nitrogen and oxygen atoms in total. The summed E-state index contributed by atoms with van der Waals surface area (Å²) in [6.07, 6.45) is 2.34. The molecule has 1 N–H and O–H groups in total. The Morgan fingerprint density at radius 2 is 2.14 bits per heavy atom. The van der Waals surface area contributed by atoms with Crippen molar-refractivity contribution in [2.45, 2.75) is 31.9 Å². The maximum atomic E-state index is 12.2. The molecule has 1 aromatic carbocycles. The highest BCUT2D eigenvalue weighted by atomic mass is 16.5. The van der Waals surface area contributed by atoms with E-state index in [1.54, 1.807) is 0 Å². The molecule has 0 radical (unpaired) electrons. The van der Waals surface area contributed by atoms with E-state index in [1.807, 2.05) is 23.1 Å². The number of nitrogens with one attached hydrogen (secondary N) is 1. The number of urea groups is 1. The Hall–Kier alpha value is -1.75. The largest absolute Gasteiger partial charge is 0.487 e. The lowest BCUT2D eigenvalue weighted by Gasteiger charge is -2.40. The van der Waals surface area contributed by atoms with Crippen molar-refractivity contribution in [1.82, 2.24) is 15.1 Å². The first-order valence-corrected chi connectivity index (χ1v) is 8.07.